The first-order valence-electron chi connectivity index (χ1n) is 7.10. The molecular weight excluding hydrogens is 238 g/mol. The van der Waals surface area contributed by atoms with Crippen LogP contribution in [0.25, 0.3) is 0 Å². The third-order valence-electron chi connectivity index (χ3n) is 3.52. The van der Waals surface area contributed by atoms with Crippen molar-refractivity contribution in [2.24, 2.45) is 0 Å². The number of hydrogen-bond acceptors (Lipinski definition) is 4. The Balaban J connectivity index is 2.05. The van der Waals surface area contributed by atoms with Crippen LogP contribution in [-0.4, -0.2) is 36.8 Å². The van der Waals surface area contributed by atoms with Crippen LogP contribution in [0.3, 0.4) is 0 Å². The molecule has 0 spiro atoms. The second kappa shape index (κ2) is 5.88. The first-order chi connectivity index (χ1) is 9.02. The van der Waals surface area contributed by atoms with Crippen LogP contribution in [0.5, 0.6) is 0 Å². The van der Waals surface area contributed by atoms with Gasteiger partial charge in [-0.2, -0.15) is 0 Å². The number of hydrogen-bond donors (Lipinski definition) is 1. The van der Waals surface area contributed by atoms with Gasteiger partial charge in [0.15, 0.2) is 0 Å². The van der Waals surface area contributed by atoms with Crippen molar-refractivity contribution in [3.8, 4) is 0 Å². The number of nitrogens with one attached hydrogen (secondary N) is 1. The van der Waals surface area contributed by atoms with E-state index < -0.39 is 0 Å². The topological polar surface area (TPSA) is 37.4 Å². The number of morpholine rings is 1. The molecule has 106 valence electrons. The van der Waals surface area contributed by atoms with Crippen LogP contribution in [0.15, 0.2) is 18.3 Å². The van der Waals surface area contributed by atoms with Gasteiger partial charge in [-0.15, -0.1) is 0 Å². The SMILES string of the molecule is CCNC(C)c1ccc(N2CCOC(C)(C)C2)cn1. The predicted octanol–water partition coefficient (Wildman–Crippen LogP) is 2.37. The Morgan fingerprint density at radius 3 is 2.84 bits per heavy atom. The van der Waals surface area contributed by atoms with Crippen LogP contribution >= 0.6 is 0 Å². The van der Waals surface area contributed by atoms with Crippen LogP contribution in [0, 0.1) is 0 Å². The summed E-state index contributed by atoms with van der Waals surface area (Å²) in [4.78, 5) is 6.92. The van der Waals surface area contributed by atoms with E-state index in [0.29, 0.717) is 6.04 Å². The largest absolute Gasteiger partial charge is 0.372 e. The zero-order valence-corrected chi connectivity index (χ0v) is 12.4. The van der Waals surface area contributed by atoms with Crippen molar-refractivity contribution in [2.45, 2.75) is 39.3 Å². The summed E-state index contributed by atoms with van der Waals surface area (Å²) >= 11 is 0. The highest BCUT2D eigenvalue weighted by atomic mass is 16.5. The van der Waals surface area contributed by atoms with Crippen LogP contribution in [0.1, 0.15) is 39.4 Å². The monoisotopic (exact) mass is 263 g/mol. The molecule has 0 aromatic carbocycles. The van der Waals surface area contributed by atoms with Gasteiger partial charge in [-0.25, -0.2) is 0 Å². The van der Waals surface area contributed by atoms with Crippen molar-refractivity contribution < 1.29 is 4.74 Å². The average molecular weight is 263 g/mol. The first-order valence-corrected chi connectivity index (χ1v) is 7.10. The lowest BCUT2D eigenvalue weighted by atomic mass is 10.1. The van der Waals surface area contributed by atoms with Gasteiger partial charge in [0.2, 0.25) is 0 Å². The Kier molecular flexibility index (Phi) is 4.42. The molecular formula is C15H25N3O. The van der Waals surface area contributed by atoms with E-state index in [1.807, 2.05) is 6.20 Å². The molecule has 0 radical (unpaired) electrons. The fourth-order valence-electron chi connectivity index (χ4n) is 2.49. The van der Waals surface area contributed by atoms with Crippen LogP contribution in [-0.2, 0) is 4.74 Å². The Labute approximate surface area is 116 Å². The highest BCUT2D eigenvalue weighted by molar-refractivity contribution is 5.45. The van der Waals surface area contributed by atoms with Crippen molar-refractivity contribution in [1.82, 2.24) is 10.3 Å². The molecule has 0 aliphatic carbocycles. The maximum Gasteiger partial charge on any atom is 0.0801 e. The summed E-state index contributed by atoms with van der Waals surface area (Å²) in [6.07, 6.45) is 1.98. The quantitative estimate of drug-likeness (QED) is 0.905. The highest BCUT2D eigenvalue weighted by Crippen LogP contribution is 2.23. The summed E-state index contributed by atoms with van der Waals surface area (Å²) in [5.74, 6) is 0. The van der Waals surface area contributed by atoms with Crippen molar-refractivity contribution in [1.29, 1.82) is 0 Å². The minimum absolute atomic E-state index is 0.0754. The Morgan fingerprint density at radius 1 is 1.47 bits per heavy atom. The lowest BCUT2D eigenvalue weighted by molar-refractivity contribution is -0.0277. The van der Waals surface area contributed by atoms with E-state index in [2.05, 4.69) is 55.0 Å². The van der Waals surface area contributed by atoms with Crippen molar-refractivity contribution in [2.75, 3.05) is 31.1 Å². The highest BCUT2D eigenvalue weighted by Gasteiger charge is 2.27. The minimum atomic E-state index is -0.0754. The van der Waals surface area contributed by atoms with E-state index >= 15 is 0 Å². The second-order valence-corrected chi connectivity index (χ2v) is 5.75. The van der Waals surface area contributed by atoms with Crippen LogP contribution in [0.4, 0.5) is 5.69 Å². The maximum atomic E-state index is 5.74. The number of pyridine rings is 1. The van der Waals surface area contributed by atoms with Gasteiger partial charge in [0.05, 0.1) is 29.8 Å². The standard InChI is InChI=1S/C15H25N3O/c1-5-16-12(2)14-7-6-13(10-17-14)18-8-9-19-15(3,4)11-18/h6-7,10,12,16H,5,8-9,11H2,1-4H3. The number of ether oxygens (including phenoxy) is 1. The molecule has 0 bridgehead atoms. The lowest BCUT2D eigenvalue weighted by Gasteiger charge is -2.39. The molecule has 1 aromatic heterocycles. The zero-order valence-electron chi connectivity index (χ0n) is 12.4. The fraction of sp³-hybridized carbons (Fsp3) is 0.667. The van der Waals surface area contributed by atoms with Gasteiger partial charge in [-0.05, 0) is 39.4 Å². The third-order valence-corrected chi connectivity index (χ3v) is 3.52. The van der Waals surface area contributed by atoms with Gasteiger partial charge < -0.3 is 15.0 Å². The molecule has 19 heavy (non-hydrogen) atoms. The lowest BCUT2D eigenvalue weighted by Crippen LogP contribution is -2.48. The van der Waals surface area contributed by atoms with E-state index in [9.17, 15) is 0 Å². The molecule has 4 nitrogen and oxygen atoms in total. The summed E-state index contributed by atoms with van der Waals surface area (Å²) in [7, 11) is 0. The molecule has 1 N–H and O–H groups in total. The van der Waals surface area contributed by atoms with E-state index in [-0.39, 0.29) is 5.60 Å². The summed E-state index contributed by atoms with van der Waals surface area (Å²) in [6, 6.07) is 4.59. The summed E-state index contributed by atoms with van der Waals surface area (Å²) in [5, 5.41) is 3.38. The Hall–Kier alpha value is -1.13. The van der Waals surface area contributed by atoms with Gasteiger partial charge in [0.25, 0.3) is 0 Å². The second-order valence-electron chi connectivity index (χ2n) is 5.75. The van der Waals surface area contributed by atoms with Gasteiger partial charge in [0.1, 0.15) is 0 Å². The van der Waals surface area contributed by atoms with Gasteiger partial charge in [-0.1, -0.05) is 6.92 Å². The minimum Gasteiger partial charge on any atom is -0.372 e. The van der Waals surface area contributed by atoms with Gasteiger partial charge in [0, 0.05) is 19.1 Å². The zero-order chi connectivity index (χ0) is 13.9. The van der Waals surface area contributed by atoms with E-state index in [1.54, 1.807) is 0 Å². The van der Waals surface area contributed by atoms with E-state index in [1.165, 1.54) is 5.69 Å². The summed E-state index contributed by atoms with van der Waals surface area (Å²) in [5.41, 5.74) is 2.20. The molecule has 0 saturated carbocycles. The molecule has 4 heteroatoms. The predicted molar refractivity (Wildman–Crippen MR) is 78.6 cm³/mol. The molecule has 1 aliphatic rings. The number of aromatic nitrogens is 1. The number of rotatable bonds is 4. The third kappa shape index (κ3) is 3.67. The van der Waals surface area contributed by atoms with Crippen LogP contribution < -0.4 is 10.2 Å². The molecule has 1 atom stereocenters. The molecule has 1 fully saturated rings. The molecule has 0 amide bonds. The molecule has 1 saturated heterocycles. The van der Waals surface area contributed by atoms with Gasteiger partial charge in [-0.3, -0.25) is 4.98 Å². The maximum absolute atomic E-state index is 5.74. The molecule has 1 aromatic rings. The molecule has 1 unspecified atom stereocenters. The van der Waals surface area contributed by atoms with Crippen molar-refractivity contribution >= 4 is 5.69 Å². The van der Waals surface area contributed by atoms with Crippen molar-refractivity contribution in [3.63, 3.8) is 0 Å². The fourth-order valence-corrected chi connectivity index (χ4v) is 2.49. The summed E-state index contributed by atoms with van der Waals surface area (Å²) in [6.45, 7) is 12.1. The number of nitrogens with zero attached hydrogens (tertiary/aromatic N) is 2. The van der Waals surface area contributed by atoms with Gasteiger partial charge >= 0.3 is 0 Å². The molecule has 2 rings (SSSR count). The van der Waals surface area contributed by atoms with Crippen molar-refractivity contribution in [3.05, 3.63) is 24.0 Å². The average Bonchev–Trinajstić information content (AvgIpc) is 2.38. The molecule has 1 aliphatic heterocycles. The van der Waals surface area contributed by atoms with E-state index in [4.69, 9.17) is 4.74 Å². The smallest absolute Gasteiger partial charge is 0.0801 e. The first kappa shape index (κ1) is 14.3. The normalized spacial score (nSPS) is 20.3. The Bertz CT molecular complexity index is 402. The number of anilines is 1. The summed E-state index contributed by atoms with van der Waals surface area (Å²) < 4.78 is 5.74. The molecule has 2 heterocycles. The Morgan fingerprint density at radius 2 is 2.26 bits per heavy atom. The van der Waals surface area contributed by atoms with Crippen LogP contribution in [0.2, 0.25) is 0 Å². The van der Waals surface area contributed by atoms with E-state index in [0.717, 1.165) is 31.9 Å².